The Hall–Kier alpha value is -3.84. The van der Waals surface area contributed by atoms with Gasteiger partial charge >= 0.3 is 5.91 Å². The number of carbonyl (C=O) groups is 2. The lowest BCUT2D eigenvalue weighted by molar-refractivity contribution is -0.360. The van der Waals surface area contributed by atoms with E-state index in [2.05, 4.69) is 22.2 Å². The number of carbonyl (C=O) groups excluding carboxylic acids is 2. The SMILES string of the molecule is C=C1NC2=C(C(=O)CCC2)C(c2ccc(COc3ccc(Cl)c(C)c3)o2)C1C(=O)Nc1cccc[nH+]1. The Morgan fingerprint density at radius 2 is 2.11 bits per heavy atom. The fourth-order valence-electron chi connectivity index (χ4n) is 4.79. The monoisotopic (exact) mass is 504 g/mol. The number of hydrogen-bond acceptors (Lipinski definition) is 5. The summed E-state index contributed by atoms with van der Waals surface area (Å²) < 4.78 is 12.1. The second-order valence-corrected chi connectivity index (χ2v) is 9.45. The Kier molecular flexibility index (Phi) is 6.65. The highest BCUT2D eigenvalue weighted by Crippen LogP contribution is 2.44. The van der Waals surface area contributed by atoms with Crippen LogP contribution in [-0.2, 0) is 16.2 Å². The Morgan fingerprint density at radius 1 is 1.25 bits per heavy atom. The third-order valence-electron chi connectivity index (χ3n) is 6.54. The van der Waals surface area contributed by atoms with E-state index in [1.54, 1.807) is 24.4 Å². The molecule has 0 bridgehead atoms. The molecule has 1 amide bonds. The van der Waals surface area contributed by atoms with Crippen molar-refractivity contribution < 1.29 is 23.7 Å². The van der Waals surface area contributed by atoms with Gasteiger partial charge in [-0.1, -0.05) is 24.2 Å². The van der Waals surface area contributed by atoms with Crippen LogP contribution < -0.4 is 20.4 Å². The van der Waals surface area contributed by atoms with Gasteiger partial charge in [-0.3, -0.25) is 4.79 Å². The normalized spacial score (nSPS) is 19.5. The van der Waals surface area contributed by atoms with E-state index in [0.717, 1.165) is 24.1 Å². The average Bonchev–Trinajstić information content (AvgIpc) is 3.33. The van der Waals surface area contributed by atoms with E-state index < -0.39 is 11.8 Å². The fourth-order valence-corrected chi connectivity index (χ4v) is 4.91. The quantitative estimate of drug-likeness (QED) is 0.487. The Labute approximate surface area is 214 Å². The van der Waals surface area contributed by atoms with Crippen LogP contribution in [0.15, 0.2) is 82.7 Å². The molecule has 0 spiro atoms. The molecule has 36 heavy (non-hydrogen) atoms. The minimum absolute atomic E-state index is 0.0242. The van der Waals surface area contributed by atoms with E-state index in [9.17, 15) is 9.59 Å². The molecule has 2 atom stereocenters. The highest BCUT2D eigenvalue weighted by atomic mass is 35.5. The summed E-state index contributed by atoms with van der Waals surface area (Å²) in [7, 11) is 0. The molecule has 5 rings (SSSR count). The summed E-state index contributed by atoms with van der Waals surface area (Å²) in [5, 5.41) is 6.83. The molecule has 0 saturated carbocycles. The summed E-state index contributed by atoms with van der Waals surface area (Å²) in [6, 6.07) is 14.5. The van der Waals surface area contributed by atoms with Crippen LogP contribution in [0.2, 0.25) is 5.02 Å². The Bertz CT molecular complexity index is 1360. The van der Waals surface area contributed by atoms with Crippen molar-refractivity contribution in [2.75, 3.05) is 5.32 Å². The van der Waals surface area contributed by atoms with Crippen molar-refractivity contribution in [3.63, 3.8) is 0 Å². The summed E-state index contributed by atoms with van der Waals surface area (Å²) >= 11 is 6.10. The molecule has 2 aromatic heterocycles. The zero-order chi connectivity index (χ0) is 25.2. The number of ether oxygens (including phenoxy) is 1. The number of halogens is 1. The molecule has 2 unspecified atom stereocenters. The molecule has 8 heteroatoms. The number of ketones is 1. The summed E-state index contributed by atoms with van der Waals surface area (Å²) in [4.78, 5) is 29.6. The predicted molar refractivity (Wildman–Crippen MR) is 135 cm³/mol. The van der Waals surface area contributed by atoms with Gasteiger partial charge in [-0.25, -0.2) is 15.1 Å². The maximum Gasteiger partial charge on any atom is 0.317 e. The number of nitrogens with one attached hydrogen (secondary N) is 3. The molecular weight excluding hydrogens is 478 g/mol. The van der Waals surface area contributed by atoms with Crippen LogP contribution in [0.4, 0.5) is 5.82 Å². The second kappa shape index (κ2) is 10.0. The van der Waals surface area contributed by atoms with Gasteiger partial charge in [-0.15, -0.1) is 0 Å². The lowest BCUT2D eigenvalue weighted by Gasteiger charge is -2.36. The van der Waals surface area contributed by atoms with Crippen molar-refractivity contribution in [3.8, 4) is 5.75 Å². The largest absolute Gasteiger partial charge is 0.486 e. The number of aromatic nitrogens is 1. The first-order valence-electron chi connectivity index (χ1n) is 11.9. The minimum atomic E-state index is -0.738. The zero-order valence-electron chi connectivity index (χ0n) is 19.9. The molecule has 3 heterocycles. The summed E-state index contributed by atoms with van der Waals surface area (Å²) in [6.07, 6.45) is 3.66. The topological polar surface area (TPSA) is 94.7 Å². The second-order valence-electron chi connectivity index (χ2n) is 9.04. The van der Waals surface area contributed by atoms with E-state index >= 15 is 0 Å². The first-order chi connectivity index (χ1) is 17.4. The van der Waals surface area contributed by atoms with Crippen molar-refractivity contribution >= 4 is 29.1 Å². The van der Waals surface area contributed by atoms with Gasteiger partial charge in [0.25, 0.3) is 5.82 Å². The number of H-pyrrole nitrogens is 1. The van der Waals surface area contributed by atoms with Crippen LogP contribution in [0.25, 0.3) is 0 Å². The molecule has 2 aliphatic rings. The number of aromatic amines is 1. The van der Waals surface area contributed by atoms with Crippen LogP contribution in [0.5, 0.6) is 5.75 Å². The summed E-state index contributed by atoms with van der Waals surface area (Å²) in [5.74, 6) is 0.762. The first kappa shape index (κ1) is 23.9. The third-order valence-corrected chi connectivity index (χ3v) is 6.96. The van der Waals surface area contributed by atoms with Gasteiger partial charge in [0.2, 0.25) is 0 Å². The van der Waals surface area contributed by atoms with Gasteiger partial charge in [0.1, 0.15) is 29.8 Å². The number of amides is 1. The molecule has 1 aliphatic heterocycles. The predicted octanol–water partition coefficient (Wildman–Crippen LogP) is 5.10. The molecule has 3 aromatic rings. The highest BCUT2D eigenvalue weighted by Gasteiger charge is 2.46. The molecule has 0 fully saturated rings. The molecule has 0 saturated heterocycles. The van der Waals surface area contributed by atoms with Crippen molar-refractivity contribution in [2.24, 2.45) is 5.92 Å². The molecule has 7 nitrogen and oxygen atoms in total. The molecule has 0 radical (unpaired) electrons. The minimum Gasteiger partial charge on any atom is -0.486 e. The van der Waals surface area contributed by atoms with Gasteiger partial charge in [-0.05, 0) is 61.7 Å². The number of benzene rings is 1. The van der Waals surface area contributed by atoms with E-state index in [-0.39, 0.29) is 18.3 Å². The molecule has 3 N–H and O–H groups in total. The van der Waals surface area contributed by atoms with Crippen molar-refractivity contribution in [3.05, 3.63) is 100 Å². The average molecular weight is 505 g/mol. The fraction of sp³-hybridized carbons (Fsp3) is 0.250. The number of Topliss-reactive ketones (excluding diaryl/α,β-unsaturated/α-hetero) is 1. The highest BCUT2D eigenvalue weighted by molar-refractivity contribution is 6.31. The van der Waals surface area contributed by atoms with E-state index in [4.69, 9.17) is 20.8 Å². The van der Waals surface area contributed by atoms with Crippen molar-refractivity contribution in [1.82, 2.24) is 5.32 Å². The van der Waals surface area contributed by atoms with E-state index in [1.807, 2.05) is 37.3 Å². The maximum atomic E-state index is 13.5. The summed E-state index contributed by atoms with van der Waals surface area (Å²) in [6.45, 7) is 6.25. The third kappa shape index (κ3) is 4.79. The van der Waals surface area contributed by atoms with Gasteiger partial charge in [0, 0.05) is 34.5 Å². The lowest BCUT2D eigenvalue weighted by Crippen LogP contribution is -2.42. The smallest absolute Gasteiger partial charge is 0.317 e. The first-order valence-corrected chi connectivity index (χ1v) is 12.3. The van der Waals surface area contributed by atoms with Crippen LogP contribution >= 0.6 is 11.6 Å². The zero-order valence-corrected chi connectivity index (χ0v) is 20.7. The van der Waals surface area contributed by atoms with E-state index in [0.29, 0.717) is 45.8 Å². The van der Waals surface area contributed by atoms with E-state index in [1.165, 1.54) is 0 Å². The van der Waals surface area contributed by atoms with Gasteiger partial charge in [0.05, 0.1) is 12.1 Å². The standard InChI is InChI=1S/C28H26ClN3O4/c1-16-14-18(9-11-20(16)29)35-15-19-10-12-23(36-19)27-25(28(34)32-24-8-3-4-13-30-24)17(2)31-21-6-5-7-22(33)26(21)27/h3-4,8-14,25,27,31H,2,5-7,15H2,1H3,(H,30,32,34)/p+1. The van der Waals surface area contributed by atoms with Crippen molar-refractivity contribution in [2.45, 2.75) is 38.7 Å². The van der Waals surface area contributed by atoms with Crippen molar-refractivity contribution in [1.29, 1.82) is 0 Å². The van der Waals surface area contributed by atoms with Gasteiger partial charge < -0.3 is 14.5 Å². The lowest BCUT2D eigenvalue weighted by atomic mass is 9.73. The maximum absolute atomic E-state index is 13.5. The number of aryl methyl sites for hydroxylation is 1. The number of pyridine rings is 1. The molecule has 184 valence electrons. The van der Waals surface area contributed by atoms with Crippen LogP contribution in [0.3, 0.4) is 0 Å². The Balaban J connectivity index is 1.44. The molecule has 1 aromatic carbocycles. The number of anilines is 1. The van der Waals surface area contributed by atoms with Crippen LogP contribution in [0.1, 0.15) is 42.3 Å². The van der Waals surface area contributed by atoms with Crippen LogP contribution in [-0.4, -0.2) is 11.7 Å². The van der Waals surface area contributed by atoms with Gasteiger partial charge in [-0.2, -0.15) is 0 Å². The number of hydrogen-bond donors (Lipinski definition) is 2. The Morgan fingerprint density at radius 3 is 2.89 bits per heavy atom. The van der Waals surface area contributed by atoms with Gasteiger partial charge in [0.15, 0.2) is 5.78 Å². The molecule has 1 aliphatic carbocycles. The number of allylic oxidation sites excluding steroid dienone is 2. The molecular formula is C28H27ClN3O4+. The van der Waals surface area contributed by atoms with Crippen LogP contribution in [0, 0.1) is 12.8 Å². The summed E-state index contributed by atoms with van der Waals surface area (Å²) in [5.41, 5.74) is 2.87. The number of rotatable bonds is 6. The number of furan rings is 1.